The average Bonchev–Trinajstić information content (AvgIpc) is 3.20. The Balaban J connectivity index is 1.34. The maximum Gasteiger partial charge on any atom is 0.515 e. The zero-order chi connectivity index (χ0) is 31.6. The number of amides is 3. The molecule has 0 aromatic heterocycles. The van der Waals surface area contributed by atoms with Gasteiger partial charge in [0.1, 0.15) is 12.8 Å². The van der Waals surface area contributed by atoms with Crippen molar-refractivity contribution in [3.8, 4) is 0 Å². The van der Waals surface area contributed by atoms with E-state index in [1.54, 1.807) is 0 Å². The Kier molecular flexibility index (Phi) is 9.29. The van der Waals surface area contributed by atoms with Crippen LogP contribution in [0.4, 0.5) is 15.3 Å². The minimum absolute atomic E-state index is 0.108. The van der Waals surface area contributed by atoms with E-state index in [0.717, 1.165) is 87.2 Å². The number of piperazine rings is 1. The molecule has 6 rings (SSSR count). The number of carbonyl (C=O) groups is 3. The number of aryl methyl sites for hydroxylation is 1. The van der Waals surface area contributed by atoms with E-state index in [9.17, 15) is 19.5 Å². The van der Waals surface area contributed by atoms with Crippen LogP contribution in [-0.4, -0.2) is 125 Å². The quantitative estimate of drug-likeness (QED) is 0.355. The molecule has 10 nitrogen and oxygen atoms in total. The van der Waals surface area contributed by atoms with Gasteiger partial charge < -0.3 is 25.0 Å². The molecule has 242 valence electrons. The predicted molar refractivity (Wildman–Crippen MR) is 174 cm³/mol. The molecule has 2 aromatic carbocycles. The molecule has 0 saturated carbocycles. The van der Waals surface area contributed by atoms with Gasteiger partial charge in [-0.25, -0.2) is 9.28 Å². The van der Waals surface area contributed by atoms with Crippen LogP contribution in [0, 0.1) is 6.92 Å². The summed E-state index contributed by atoms with van der Waals surface area (Å²) in [4.78, 5) is 49.3. The van der Waals surface area contributed by atoms with E-state index in [-0.39, 0.29) is 23.0 Å². The molecule has 4 heterocycles. The van der Waals surface area contributed by atoms with Crippen LogP contribution in [0.15, 0.2) is 48.5 Å². The number of piperidine rings is 2. The number of aldehydes is 1. The number of fused-ring (bicyclic) bond motifs is 1. The van der Waals surface area contributed by atoms with E-state index in [4.69, 9.17) is 0 Å². The van der Waals surface area contributed by atoms with Crippen molar-refractivity contribution in [1.29, 1.82) is 0 Å². The Morgan fingerprint density at radius 2 is 1.76 bits per heavy atom. The molecule has 0 spiro atoms. The van der Waals surface area contributed by atoms with Crippen LogP contribution in [0.25, 0.3) is 0 Å². The number of hydrogen-bond donors (Lipinski definition) is 2. The number of benzene rings is 2. The summed E-state index contributed by atoms with van der Waals surface area (Å²) < 4.78 is -0.222. The largest absolute Gasteiger partial charge is 0.515 e. The standard InChI is InChI=1S/C35H48N6O4/c1-27-6-5-7-28(24-27)26-41(34(44)45)22-13-31(40-17-10-29-8-3-4-9-32(29)36-33(40)43)25-35(41,14-23-42)39-15-11-30(12-16-39)38-20-18-37(2)19-21-38/h3-9,23-24,30-31H,10-22,25-26H2,1-2H3,(H-,36,43,44,45)/p+1/t31?,35?,41-/m0/s1. The monoisotopic (exact) mass is 617 g/mol. The fourth-order valence-electron chi connectivity index (χ4n) is 8.68. The van der Waals surface area contributed by atoms with Crippen LogP contribution in [0.3, 0.4) is 0 Å². The Bertz CT molecular complexity index is 1390. The van der Waals surface area contributed by atoms with Gasteiger partial charge in [-0.05, 0) is 44.9 Å². The number of quaternary nitrogens is 1. The third kappa shape index (κ3) is 6.13. The van der Waals surface area contributed by atoms with Crippen molar-refractivity contribution in [2.45, 2.75) is 69.7 Å². The highest BCUT2D eigenvalue weighted by atomic mass is 16.4. The second kappa shape index (κ2) is 13.2. The maximum atomic E-state index is 13.7. The number of hydrogen-bond acceptors (Lipinski definition) is 6. The molecule has 45 heavy (non-hydrogen) atoms. The van der Waals surface area contributed by atoms with Crippen molar-refractivity contribution >= 4 is 24.1 Å². The highest BCUT2D eigenvalue weighted by Crippen LogP contribution is 2.46. The van der Waals surface area contributed by atoms with Gasteiger partial charge in [-0.1, -0.05) is 48.0 Å². The number of likely N-dealkylation sites (tertiary alicyclic amines) is 2. The molecule has 2 N–H and O–H groups in total. The van der Waals surface area contributed by atoms with Gasteiger partial charge in [0, 0.05) is 82.0 Å². The molecule has 4 aliphatic rings. The molecule has 0 aliphatic carbocycles. The summed E-state index contributed by atoms with van der Waals surface area (Å²) in [5.41, 5.74) is 3.00. The van der Waals surface area contributed by atoms with Gasteiger partial charge in [-0.2, -0.15) is 4.79 Å². The lowest BCUT2D eigenvalue weighted by molar-refractivity contribution is -0.942. The minimum Gasteiger partial charge on any atom is -0.435 e. The fourth-order valence-corrected chi connectivity index (χ4v) is 8.68. The zero-order valence-corrected chi connectivity index (χ0v) is 26.9. The van der Waals surface area contributed by atoms with Gasteiger partial charge in [0.2, 0.25) is 0 Å². The molecule has 0 bridgehead atoms. The molecule has 10 heteroatoms. The molecule has 2 aromatic rings. The van der Waals surface area contributed by atoms with E-state index in [1.165, 1.54) is 0 Å². The first kappa shape index (κ1) is 31.7. The number of nitrogens with zero attached hydrogens (tertiary/aromatic N) is 5. The van der Waals surface area contributed by atoms with Gasteiger partial charge in [-0.3, -0.25) is 9.80 Å². The summed E-state index contributed by atoms with van der Waals surface area (Å²) in [5, 5.41) is 14.3. The van der Waals surface area contributed by atoms with Crippen molar-refractivity contribution in [2.24, 2.45) is 0 Å². The number of nitrogens with one attached hydrogen (secondary N) is 1. The van der Waals surface area contributed by atoms with E-state index in [0.29, 0.717) is 38.5 Å². The highest BCUT2D eigenvalue weighted by Gasteiger charge is 2.64. The van der Waals surface area contributed by atoms with Crippen LogP contribution < -0.4 is 5.32 Å². The lowest BCUT2D eigenvalue weighted by Gasteiger charge is -2.59. The molecule has 0 radical (unpaired) electrons. The molecule has 3 atom stereocenters. The van der Waals surface area contributed by atoms with Crippen LogP contribution in [0.2, 0.25) is 0 Å². The number of carbonyl (C=O) groups excluding carboxylic acids is 2. The molecule has 3 saturated heterocycles. The number of para-hydroxylation sites is 1. The number of anilines is 1. The Hall–Kier alpha value is -3.31. The first-order valence-electron chi connectivity index (χ1n) is 16.7. The second-order valence-electron chi connectivity index (χ2n) is 13.7. The van der Waals surface area contributed by atoms with Crippen molar-refractivity contribution < 1.29 is 24.0 Å². The minimum atomic E-state index is -0.979. The van der Waals surface area contributed by atoms with E-state index in [1.807, 2.05) is 48.2 Å². The van der Waals surface area contributed by atoms with Crippen molar-refractivity contribution in [2.75, 3.05) is 64.7 Å². The van der Waals surface area contributed by atoms with Crippen molar-refractivity contribution in [1.82, 2.24) is 19.6 Å². The Morgan fingerprint density at radius 1 is 1.00 bits per heavy atom. The summed E-state index contributed by atoms with van der Waals surface area (Å²) in [6.07, 6.45) is 3.75. The van der Waals surface area contributed by atoms with E-state index >= 15 is 0 Å². The van der Waals surface area contributed by atoms with Gasteiger partial charge in [0.05, 0.1) is 13.0 Å². The Labute approximate surface area is 267 Å². The van der Waals surface area contributed by atoms with Crippen LogP contribution >= 0.6 is 0 Å². The molecule has 4 aliphatic heterocycles. The summed E-state index contributed by atoms with van der Waals surface area (Å²) in [6, 6.07) is 16.1. The Morgan fingerprint density at radius 3 is 2.47 bits per heavy atom. The lowest BCUT2D eigenvalue weighted by atomic mass is 9.81. The van der Waals surface area contributed by atoms with Gasteiger partial charge in [0.25, 0.3) is 0 Å². The molecular weight excluding hydrogens is 568 g/mol. The summed E-state index contributed by atoms with van der Waals surface area (Å²) >= 11 is 0. The zero-order valence-electron chi connectivity index (χ0n) is 26.9. The molecule has 3 amide bonds. The number of carboxylic acid groups (broad SMARTS) is 1. The lowest BCUT2D eigenvalue weighted by Crippen LogP contribution is -2.78. The summed E-state index contributed by atoms with van der Waals surface area (Å²) in [7, 11) is 2.17. The topological polar surface area (TPSA) is 96.4 Å². The van der Waals surface area contributed by atoms with E-state index in [2.05, 4.69) is 39.2 Å². The third-order valence-electron chi connectivity index (χ3n) is 11.2. The summed E-state index contributed by atoms with van der Waals surface area (Å²) in [5.74, 6) is 0. The van der Waals surface area contributed by atoms with Crippen LogP contribution in [-0.2, 0) is 17.8 Å². The van der Waals surface area contributed by atoms with Crippen molar-refractivity contribution in [3.05, 3.63) is 65.2 Å². The predicted octanol–water partition coefficient (Wildman–Crippen LogP) is 4.24. The van der Waals surface area contributed by atoms with Crippen LogP contribution in [0.5, 0.6) is 0 Å². The maximum absolute atomic E-state index is 13.7. The van der Waals surface area contributed by atoms with Crippen LogP contribution in [0.1, 0.15) is 48.8 Å². The van der Waals surface area contributed by atoms with Gasteiger partial charge in [0.15, 0.2) is 5.66 Å². The molecule has 3 fully saturated rings. The smallest absolute Gasteiger partial charge is 0.435 e. The first-order chi connectivity index (χ1) is 21.7. The number of urea groups is 1. The first-order valence-corrected chi connectivity index (χ1v) is 16.7. The van der Waals surface area contributed by atoms with E-state index < -0.39 is 11.8 Å². The SMILES string of the molecule is Cc1cccc(C[N@+]2(C(=O)O)CCC(N3CCc4ccccc4NC3=O)CC2(CC=O)N2CCC(N3CCN(C)CC3)CC2)c1. The normalized spacial score (nSPS) is 29.1. The number of likely N-dealkylation sites (N-methyl/N-ethyl adjacent to an activating group) is 1. The second-order valence-corrected chi connectivity index (χ2v) is 13.7. The number of rotatable bonds is 7. The van der Waals surface area contributed by atoms with Gasteiger partial charge >= 0.3 is 12.1 Å². The summed E-state index contributed by atoms with van der Waals surface area (Å²) in [6.45, 7) is 8.93. The third-order valence-corrected chi connectivity index (χ3v) is 11.2. The van der Waals surface area contributed by atoms with Crippen molar-refractivity contribution in [3.63, 3.8) is 0 Å². The fraction of sp³-hybridized carbons (Fsp3) is 0.571. The van der Waals surface area contributed by atoms with Gasteiger partial charge in [-0.15, -0.1) is 0 Å². The average molecular weight is 618 g/mol. The highest BCUT2D eigenvalue weighted by molar-refractivity contribution is 5.91. The molecular formula is C35H49N6O4+. The molecule has 2 unspecified atom stereocenters.